The molecule has 0 spiro atoms. The molecule has 8 rings (SSSR count). The third kappa shape index (κ3) is 4.41. The highest BCUT2D eigenvalue weighted by molar-refractivity contribution is 5.88. The van der Waals surface area contributed by atoms with E-state index in [1.807, 2.05) is 24.3 Å². The molecule has 0 aliphatic heterocycles. The fraction of sp³-hybridized carbons (Fsp3) is 0.0256. The van der Waals surface area contributed by atoms with Crippen LogP contribution in [0.3, 0.4) is 0 Å². The van der Waals surface area contributed by atoms with Gasteiger partial charge in [0.05, 0.1) is 22.1 Å². The second-order valence-corrected chi connectivity index (χ2v) is 10.9. The number of nitrogens with zero attached hydrogens (tertiary/aromatic N) is 4. The smallest absolute Gasteiger partial charge is 0.145 e. The summed E-state index contributed by atoms with van der Waals surface area (Å²) in [5.41, 5.74) is 11.8. The number of benzene rings is 6. The Balaban J connectivity index is 1.45. The Morgan fingerprint density at radius 2 is 0.860 bits per heavy atom. The standard InChI is InChI=1S/C39H28N4/c1-27-13-12-14-28(23-27)29-24-30(38-40-34-19-8-10-21-36(34)42(38)32-15-4-2-5-16-32)26-31(25-29)39-41-35-20-9-11-22-37(35)43(39)33-17-6-3-7-18-33/h2-26H,1H3. The van der Waals surface area contributed by atoms with Crippen LogP contribution < -0.4 is 0 Å². The Morgan fingerprint density at radius 3 is 1.37 bits per heavy atom. The third-order valence-electron chi connectivity index (χ3n) is 7.95. The highest BCUT2D eigenvalue weighted by Gasteiger charge is 2.20. The lowest BCUT2D eigenvalue weighted by Gasteiger charge is -2.15. The number of para-hydroxylation sites is 6. The van der Waals surface area contributed by atoms with Crippen molar-refractivity contribution in [2.45, 2.75) is 6.92 Å². The predicted octanol–water partition coefficient (Wildman–Crippen LogP) is 9.67. The Morgan fingerprint density at radius 1 is 0.395 bits per heavy atom. The van der Waals surface area contributed by atoms with Crippen LogP contribution in [0.5, 0.6) is 0 Å². The van der Waals surface area contributed by atoms with Crippen molar-refractivity contribution in [3.05, 3.63) is 157 Å². The number of fused-ring (bicyclic) bond motifs is 2. The van der Waals surface area contributed by atoms with E-state index < -0.39 is 0 Å². The molecule has 0 aliphatic carbocycles. The monoisotopic (exact) mass is 552 g/mol. The highest BCUT2D eigenvalue weighted by atomic mass is 15.1. The quantitative estimate of drug-likeness (QED) is 0.213. The molecule has 0 bridgehead atoms. The van der Waals surface area contributed by atoms with E-state index in [0.29, 0.717) is 0 Å². The number of hydrogen-bond donors (Lipinski definition) is 0. The molecular formula is C39H28N4. The van der Waals surface area contributed by atoms with Crippen molar-refractivity contribution in [3.63, 3.8) is 0 Å². The molecule has 6 aromatic carbocycles. The zero-order chi connectivity index (χ0) is 28.8. The maximum absolute atomic E-state index is 5.21. The number of hydrogen-bond acceptors (Lipinski definition) is 2. The van der Waals surface area contributed by atoms with Gasteiger partial charge in [0.25, 0.3) is 0 Å². The molecule has 8 aromatic rings. The number of aryl methyl sites for hydroxylation is 1. The summed E-state index contributed by atoms with van der Waals surface area (Å²) in [6.45, 7) is 2.14. The van der Waals surface area contributed by atoms with Gasteiger partial charge in [-0.3, -0.25) is 9.13 Å². The summed E-state index contributed by atoms with van der Waals surface area (Å²) in [7, 11) is 0. The van der Waals surface area contributed by atoms with Gasteiger partial charge < -0.3 is 0 Å². The van der Waals surface area contributed by atoms with Crippen LogP contribution in [0.25, 0.3) is 67.3 Å². The molecule has 43 heavy (non-hydrogen) atoms. The van der Waals surface area contributed by atoms with Crippen LogP contribution in [0.15, 0.2) is 152 Å². The Labute approximate surface area is 250 Å². The van der Waals surface area contributed by atoms with Gasteiger partial charge in [-0.1, -0.05) is 90.5 Å². The van der Waals surface area contributed by atoms with Crippen LogP contribution in [0.2, 0.25) is 0 Å². The van der Waals surface area contributed by atoms with E-state index in [0.717, 1.165) is 67.3 Å². The van der Waals surface area contributed by atoms with E-state index in [2.05, 4.69) is 143 Å². The first kappa shape index (κ1) is 25.0. The zero-order valence-corrected chi connectivity index (χ0v) is 23.7. The average Bonchev–Trinajstić information content (AvgIpc) is 3.65. The lowest BCUT2D eigenvalue weighted by atomic mass is 9.97. The maximum atomic E-state index is 5.21. The van der Waals surface area contributed by atoms with Gasteiger partial charge in [0.15, 0.2) is 0 Å². The fourth-order valence-electron chi connectivity index (χ4n) is 5.99. The van der Waals surface area contributed by atoms with Crippen molar-refractivity contribution in [1.82, 2.24) is 19.1 Å². The van der Waals surface area contributed by atoms with Gasteiger partial charge in [0, 0.05) is 22.5 Å². The number of imidazole rings is 2. The molecular weight excluding hydrogens is 524 g/mol. The first-order chi connectivity index (χ1) is 21.2. The van der Waals surface area contributed by atoms with Gasteiger partial charge in [0.1, 0.15) is 11.6 Å². The molecule has 0 saturated carbocycles. The van der Waals surface area contributed by atoms with E-state index in [-0.39, 0.29) is 0 Å². The Hall–Kier alpha value is -5.74. The number of rotatable bonds is 5. The predicted molar refractivity (Wildman–Crippen MR) is 177 cm³/mol. The average molecular weight is 553 g/mol. The second kappa shape index (κ2) is 10.3. The fourth-order valence-corrected chi connectivity index (χ4v) is 5.99. The van der Waals surface area contributed by atoms with Crippen molar-refractivity contribution in [3.8, 4) is 45.3 Å². The molecule has 2 aromatic heterocycles. The summed E-state index contributed by atoms with van der Waals surface area (Å²) in [4.78, 5) is 10.4. The summed E-state index contributed by atoms with van der Waals surface area (Å²) in [6.07, 6.45) is 0. The van der Waals surface area contributed by atoms with E-state index in [1.54, 1.807) is 0 Å². The Bertz CT molecular complexity index is 2110. The van der Waals surface area contributed by atoms with E-state index >= 15 is 0 Å². The van der Waals surface area contributed by atoms with E-state index in [1.165, 1.54) is 5.56 Å². The van der Waals surface area contributed by atoms with E-state index in [9.17, 15) is 0 Å². The van der Waals surface area contributed by atoms with Crippen LogP contribution in [-0.4, -0.2) is 19.1 Å². The minimum absolute atomic E-state index is 0.894. The highest BCUT2D eigenvalue weighted by Crippen LogP contribution is 2.37. The van der Waals surface area contributed by atoms with Crippen LogP contribution in [-0.2, 0) is 0 Å². The molecule has 0 fully saturated rings. The molecule has 4 nitrogen and oxygen atoms in total. The normalized spacial score (nSPS) is 11.4. The van der Waals surface area contributed by atoms with Crippen LogP contribution in [0.1, 0.15) is 5.56 Å². The summed E-state index contributed by atoms with van der Waals surface area (Å²) in [5, 5.41) is 0. The maximum Gasteiger partial charge on any atom is 0.145 e. The molecule has 0 radical (unpaired) electrons. The summed E-state index contributed by atoms with van der Waals surface area (Å²) >= 11 is 0. The Kier molecular flexibility index (Phi) is 5.97. The van der Waals surface area contributed by atoms with E-state index in [4.69, 9.17) is 9.97 Å². The lowest BCUT2D eigenvalue weighted by molar-refractivity contribution is 1.09. The van der Waals surface area contributed by atoms with Gasteiger partial charge in [0.2, 0.25) is 0 Å². The minimum Gasteiger partial charge on any atom is -0.292 e. The zero-order valence-electron chi connectivity index (χ0n) is 23.7. The topological polar surface area (TPSA) is 35.6 Å². The first-order valence-electron chi connectivity index (χ1n) is 14.5. The third-order valence-corrected chi connectivity index (χ3v) is 7.95. The van der Waals surface area contributed by atoms with Crippen molar-refractivity contribution >= 4 is 22.1 Å². The van der Waals surface area contributed by atoms with Crippen LogP contribution >= 0.6 is 0 Å². The molecule has 0 unspecified atom stereocenters. The largest absolute Gasteiger partial charge is 0.292 e. The minimum atomic E-state index is 0.894. The molecule has 204 valence electrons. The number of aromatic nitrogens is 4. The second-order valence-electron chi connectivity index (χ2n) is 10.9. The van der Waals surface area contributed by atoms with Crippen molar-refractivity contribution in [2.24, 2.45) is 0 Å². The van der Waals surface area contributed by atoms with Crippen molar-refractivity contribution < 1.29 is 0 Å². The SMILES string of the molecule is Cc1cccc(-c2cc(-c3nc4ccccc4n3-c3ccccc3)cc(-c3nc4ccccc4n3-c3ccccc3)c2)c1. The van der Waals surface area contributed by atoms with Gasteiger partial charge >= 0.3 is 0 Å². The molecule has 4 heteroatoms. The van der Waals surface area contributed by atoms with Gasteiger partial charge in [-0.05, 0) is 84.8 Å². The first-order valence-corrected chi connectivity index (χ1v) is 14.5. The lowest BCUT2D eigenvalue weighted by Crippen LogP contribution is -2.00. The molecule has 0 atom stereocenters. The van der Waals surface area contributed by atoms with Crippen molar-refractivity contribution in [1.29, 1.82) is 0 Å². The summed E-state index contributed by atoms with van der Waals surface area (Å²) in [6, 6.07) is 53.0. The van der Waals surface area contributed by atoms with Gasteiger partial charge in [-0.25, -0.2) is 9.97 Å². The van der Waals surface area contributed by atoms with Gasteiger partial charge in [-0.15, -0.1) is 0 Å². The molecule has 0 N–H and O–H groups in total. The molecule has 0 saturated heterocycles. The summed E-state index contributed by atoms with van der Waals surface area (Å²) in [5.74, 6) is 1.79. The van der Waals surface area contributed by atoms with Crippen LogP contribution in [0, 0.1) is 6.92 Å². The van der Waals surface area contributed by atoms with Gasteiger partial charge in [-0.2, -0.15) is 0 Å². The van der Waals surface area contributed by atoms with Crippen molar-refractivity contribution in [2.75, 3.05) is 0 Å². The molecule has 2 heterocycles. The summed E-state index contributed by atoms with van der Waals surface area (Å²) < 4.78 is 4.52. The van der Waals surface area contributed by atoms with Crippen LogP contribution in [0.4, 0.5) is 0 Å². The molecule has 0 amide bonds. The molecule has 0 aliphatic rings.